The van der Waals surface area contributed by atoms with Gasteiger partial charge in [0.25, 0.3) is 0 Å². The molecular weight excluding hydrogens is 540 g/mol. The molecule has 0 aliphatic carbocycles. The molecule has 0 aromatic rings. The topological polar surface area (TPSA) is 219 Å². The van der Waals surface area contributed by atoms with Crippen molar-refractivity contribution in [2.45, 2.75) is 0 Å². The van der Waals surface area contributed by atoms with Crippen LogP contribution in [0, 0.1) is 0 Å². The number of quaternary nitrogens is 6. The molecule has 0 atom stereocenters. The monoisotopic (exact) mass is 560 g/mol. The summed E-state index contributed by atoms with van der Waals surface area (Å²) in [5.74, 6) is 0. The van der Waals surface area contributed by atoms with E-state index in [1.54, 1.807) is 0 Å². The fourth-order valence-electron chi connectivity index (χ4n) is 0. The molecule has 0 fully saturated rings. The molecule has 0 saturated carbocycles. The Kier molecular flexibility index (Phi) is 24600. The molecule has 0 heterocycles. The quantitative estimate of drug-likeness (QED) is 0.151. The molecule has 0 aliphatic heterocycles. The summed E-state index contributed by atoms with van der Waals surface area (Å²) in [6.45, 7) is 0. The summed E-state index contributed by atoms with van der Waals surface area (Å²) in [5.41, 5.74) is 0. The van der Waals surface area contributed by atoms with Crippen molar-refractivity contribution in [2.75, 3.05) is 0 Å². The van der Waals surface area contributed by atoms with Gasteiger partial charge in [-0.1, -0.05) is 0 Å². The molecule has 24 N–H and O–H groups in total. The number of hydrogen-bond donors (Lipinski definition) is 6. The van der Waals surface area contributed by atoms with Crippen LogP contribution in [0.15, 0.2) is 0 Å². The molecule has 0 aliphatic rings. The van der Waals surface area contributed by atoms with Gasteiger partial charge in [-0.25, -0.2) is 0 Å². The minimum atomic E-state index is 0. The molecule has 17 heavy (non-hydrogen) atoms. The molecule has 0 unspecified atom stereocenters. The van der Waals surface area contributed by atoms with Crippen LogP contribution in [-0.4, -0.2) is 0 Å². The van der Waals surface area contributed by atoms with E-state index < -0.39 is 0 Å². The number of hydrogen-bond acceptors (Lipinski definition) is 0. The predicted octanol–water partition coefficient (Wildman–Crippen LogP) is -27.7. The smallest absolute Gasteiger partial charge is 1.00 e. The zero-order valence-corrected chi connectivity index (χ0v) is 19.4. The van der Waals surface area contributed by atoms with Gasteiger partial charge in [-0.3, -0.25) is 0 Å². The van der Waals surface area contributed by atoms with E-state index in [1.807, 2.05) is 0 Å². The zero-order valence-electron chi connectivity index (χ0n) is 10.1. The van der Waals surface area contributed by atoms with Crippen LogP contribution in [0.2, 0.25) is 0 Å². The maximum absolute atomic E-state index is 0. The van der Waals surface area contributed by atoms with E-state index >= 15 is 0 Å². The fourth-order valence-corrected chi connectivity index (χ4v) is 0. The normalized spacial score (nSPS) is 0. The largest absolute Gasteiger partial charge is 4.00 e. The molecule has 0 saturated heterocycles. The molecule has 6 nitrogen and oxygen atoms in total. The summed E-state index contributed by atoms with van der Waals surface area (Å²) in [6, 6.07) is 0. The van der Waals surface area contributed by atoms with Crippen LogP contribution in [-0.2, 0) is 19.5 Å². The molecule has 0 rings (SSSR count). The fraction of sp³-hybridized carbons (Fsp3) is 0. The maximum Gasteiger partial charge on any atom is 4.00 e. The van der Waals surface area contributed by atoms with Crippen LogP contribution >= 0.6 is 0 Å². The molecule has 0 spiro atoms. The Morgan fingerprint density at radius 2 is 0.176 bits per heavy atom. The summed E-state index contributed by atoms with van der Waals surface area (Å²) in [6.07, 6.45) is 0. The Labute approximate surface area is 179 Å². The van der Waals surface area contributed by atoms with Gasteiger partial charge in [0.05, 0.1) is 0 Å². The Morgan fingerprint density at radius 1 is 0.176 bits per heavy atom. The minimum absolute atomic E-state index is 0. The van der Waals surface area contributed by atoms with Crippen LogP contribution < -0.4 is 161 Å². The van der Waals surface area contributed by atoms with Crippen molar-refractivity contribution >= 4 is 0 Å². The van der Waals surface area contributed by atoms with E-state index in [0.717, 1.165) is 0 Å². The Hall–Kier alpha value is 3.28. The van der Waals surface area contributed by atoms with Gasteiger partial charge in [0.1, 0.15) is 0 Å². The van der Waals surface area contributed by atoms with Crippen LogP contribution in [0.25, 0.3) is 0 Å². The van der Waals surface area contributed by atoms with Gasteiger partial charge in [-0.15, -0.1) is 0 Å². The summed E-state index contributed by atoms with van der Waals surface area (Å²) in [7, 11) is 0. The molecule has 0 radical (unpaired) electrons. The van der Waals surface area contributed by atoms with Gasteiger partial charge >= 0.3 is 19.5 Å². The molecule has 0 aromatic carbocycles. The maximum atomic E-state index is 0. The molecule has 0 bridgehead atoms. The van der Waals surface area contributed by atoms with Crippen molar-refractivity contribution < 1.29 is 144 Å². The molecule has 132 valence electrons. The standard InChI is InChI=1S/10ClH.6H3N.Ru/h10*1H;6*1H3;/q;;;;;;;;;;;;;;;;+4/p-4. The van der Waals surface area contributed by atoms with E-state index in [0.29, 0.717) is 0 Å². The first-order chi connectivity index (χ1) is 0. The molecule has 17 heteroatoms. The second-order valence-corrected chi connectivity index (χ2v) is 0. The third kappa shape index (κ3) is 534. The Balaban J connectivity index is 0. The Bertz CT molecular complexity index is 20.8. The molecular formula is H24Cl10N6Ru. The van der Waals surface area contributed by atoms with E-state index in [2.05, 4.69) is 0 Å². The average molecular weight is 564 g/mol. The summed E-state index contributed by atoms with van der Waals surface area (Å²) in [5, 5.41) is 0. The second kappa shape index (κ2) is 598. The van der Waals surface area contributed by atoms with Gasteiger partial charge in [-0.05, 0) is 0 Å². The number of rotatable bonds is 0. The first-order valence-electron chi connectivity index (χ1n) is 0. The van der Waals surface area contributed by atoms with Crippen molar-refractivity contribution in [1.29, 1.82) is 0 Å². The van der Waals surface area contributed by atoms with E-state index in [1.165, 1.54) is 0 Å². The predicted molar refractivity (Wildman–Crippen MR) is 35.9 cm³/mol. The average Bonchev–Trinajstić information content (AvgIpc) is 0. The first kappa shape index (κ1) is 700. The van der Waals surface area contributed by atoms with Crippen molar-refractivity contribution in [3.8, 4) is 0 Å². The van der Waals surface area contributed by atoms with E-state index in [9.17, 15) is 0 Å². The van der Waals surface area contributed by atoms with Crippen LogP contribution in [0.1, 0.15) is 0 Å². The number of halogens is 10. The van der Waals surface area contributed by atoms with Crippen LogP contribution in [0.4, 0.5) is 0 Å². The zero-order chi connectivity index (χ0) is 0. The third-order valence-corrected chi connectivity index (χ3v) is 0. The van der Waals surface area contributed by atoms with E-state index in [4.69, 9.17) is 0 Å². The van der Waals surface area contributed by atoms with Crippen LogP contribution in [0.5, 0.6) is 0 Å². The SMILES string of the molecule is [Cl-].[Cl-].[Cl-].[Cl-].[Cl-].[Cl-].[Cl-].[Cl-].[Cl-].[Cl-].[NH4+].[NH4+].[NH4+].[NH4+].[NH4+].[NH4+].[Ru+4]. The Morgan fingerprint density at radius 3 is 0.176 bits per heavy atom. The van der Waals surface area contributed by atoms with Crippen molar-refractivity contribution in [1.82, 2.24) is 36.9 Å². The van der Waals surface area contributed by atoms with Gasteiger partial charge in [-0.2, -0.15) is 0 Å². The van der Waals surface area contributed by atoms with Crippen molar-refractivity contribution in [3.05, 3.63) is 0 Å². The molecule has 0 amide bonds. The summed E-state index contributed by atoms with van der Waals surface area (Å²) in [4.78, 5) is 0. The van der Waals surface area contributed by atoms with Gasteiger partial charge in [0, 0.05) is 0 Å². The van der Waals surface area contributed by atoms with Crippen molar-refractivity contribution in [3.63, 3.8) is 0 Å². The van der Waals surface area contributed by atoms with Crippen LogP contribution in [0.3, 0.4) is 0 Å². The van der Waals surface area contributed by atoms with Gasteiger partial charge < -0.3 is 161 Å². The van der Waals surface area contributed by atoms with Gasteiger partial charge in [0.2, 0.25) is 0 Å². The van der Waals surface area contributed by atoms with Gasteiger partial charge in [0.15, 0.2) is 0 Å². The molecule has 0 aromatic heterocycles. The third-order valence-electron chi connectivity index (χ3n) is 0. The first-order valence-corrected chi connectivity index (χ1v) is 0. The van der Waals surface area contributed by atoms with Crippen molar-refractivity contribution in [2.24, 2.45) is 0 Å². The minimum Gasteiger partial charge on any atom is -1.00 e. The summed E-state index contributed by atoms with van der Waals surface area (Å²) >= 11 is 0. The summed E-state index contributed by atoms with van der Waals surface area (Å²) < 4.78 is 0. The second-order valence-electron chi connectivity index (χ2n) is 0. The van der Waals surface area contributed by atoms with E-state index in [-0.39, 0.29) is 180 Å².